The number of nitrogens with zero attached hydrogens (tertiary/aromatic N) is 1. The first kappa shape index (κ1) is 21.0. The first-order valence-corrected chi connectivity index (χ1v) is 10.7. The predicted molar refractivity (Wildman–Crippen MR) is 116 cm³/mol. The summed E-state index contributed by atoms with van der Waals surface area (Å²) in [4.78, 5) is 29.6. The van der Waals surface area contributed by atoms with E-state index in [1.54, 1.807) is 11.3 Å². The fourth-order valence-corrected chi connectivity index (χ4v) is 4.30. The van der Waals surface area contributed by atoms with Crippen LogP contribution in [0.25, 0.3) is 10.2 Å². The number of aromatic nitrogens is 1. The van der Waals surface area contributed by atoms with E-state index < -0.39 is 5.41 Å². The third-order valence-electron chi connectivity index (χ3n) is 4.84. The summed E-state index contributed by atoms with van der Waals surface area (Å²) < 4.78 is 6.18. The maximum atomic E-state index is 13.2. The second-order valence-electron chi connectivity index (χ2n) is 7.18. The molecule has 6 heteroatoms. The van der Waals surface area contributed by atoms with Gasteiger partial charge < -0.3 is 10.1 Å². The maximum Gasteiger partial charge on any atom is 0.307 e. The van der Waals surface area contributed by atoms with Crippen molar-refractivity contribution in [2.24, 2.45) is 0 Å². The normalized spacial score (nSPS) is 13.0. The van der Waals surface area contributed by atoms with Gasteiger partial charge in [0.15, 0.2) is 0 Å². The fourth-order valence-electron chi connectivity index (χ4n) is 3.18. The van der Waals surface area contributed by atoms with E-state index in [0.29, 0.717) is 13.0 Å². The van der Waals surface area contributed by atoms with Crippen LogP contribution in [0.1, 0.15) is 37.3 Å². The molecular formula is C23H26N2O3S. The maximum absolute atomic E-state index is 13.2. The number of benzene rings is 2. The first-order valence-electron chi connectivity index (χ1n) is 9.87. The zero-order valence-electron chi connectivity index (χ0n) is 16.8. The van der Waals surface area contributed by atoms with Crippen LogP contribution in [0.3, 0.4) is 0 Å². The van der Waals surface area contributed by atoms with Gasteiger partial charge in [-0.2, -0.15) is 0 Å². The summed E-state index contributed by atoms with van der Waals surface area (Å²) in [6.07, 6.45) is 1.44. The third kappa shape index (κ3) is 5.21. The predicted octanol–water partition coefficient (Wildman–Crippen LogP) is 4.26. The second kappa shape index (κ2) is 9.65. The number of fused-ring (bicyclic) bond motifs is 1. The molecule has 0 aliphatic heterocycles. The van der Waals surface area contributed by atoms with Crippen LogP contribution in [0.2, 0.25) is 0 Å². The number of esters is 1. The van der Waals surface area contributed by atoms with Crippen molar-refractivity contribution in [3.8, 4) is 0 Å². The van der Waals surface area contributed by atoms with Crippen molar-refractivity contribution in [2.45, 2.75) is 38.5 Å². The average molecular weight is 411 g/mol. The second-order valence-corrected chi connectivity index (χ2v) is 8.29. The summed E-state index contributed by atoms with van der Waals surface area (Å²) in [5.41, 5.74) is 1.08. The highest BCUT2D eigenvalue weighted by Crippen LogP contribution is 2.32. The van der Waals surface area contributed by atoms with Crippen LogP contribution in [-0.2, 0) is 26.2 Å². The molecule has 1 aromatic heterocycles. The minimum Gasteiger partial charge on any atom is -0.466 e. The molecule has 3 rings (SSSR count). The van der Waals surface area contributed by atoms with E-state index in [0.717, 1.165) is 27.2 Å². The van der Waals surface area contributed by atoms with Gasteiger partial charge in [0.25, 0.3) is 0 Å². The molecule has 0 radical (unpaired) electrons. The Morgan fingerprint density at radius 1 is 1.10 bits per heavy atom. The third-order valence-corrected chi connectivity index (χ3v) is 5.87. The molecule has 2 aromatic carbocycles. The van der Waals surface area contributed by atoms with E-state index in [2.05, 4.69) is 5.32 Å². The number of carbonyl (C=O) groups is 2. The molecule has 0 saturated carbocycles. The highest BCUT2D eigenvalue weighted by atomic mass is 32.1. The molecule has 1 N–H and O–H groups in total. The van der Waals surface area contributed by atoms with Gasteiger partial charge in [-0.3, -0.25) is 9.59 Å². The van der Waals surface area contributed by atoms with Gasteiger partial charge in [0.1, 0.15) is 0 Å². The SMILES string of the molecule is CCCOC(=O)CCNC(=O)C(C)(Cc1nc2ccccc2s1)c1ccccc1. The Morgan fingerprint density at radius 3 is 2.55 bits per heavy atom. The lowest BCUT2D eigenvalue weighted by atomic mass is 9.78. The summed E-state index contributed by atoms with van der Waals surface area (Å²) in [5, 5.41) is 3.83. The molecule has 0 aliphatic rings. The summed E-state index contributed by atoms with van der Waals surface area (Å²) in [6, 6.07) is 17.7. The number of carbonyl (C=O) groups excluding carboxylic acids is 2. The van der Waals surface area contributed by atoms with Crippen molar-refractivity contribution in [3.63, 3.8) is 0 Å². The smallest absolute Gasteiger partial charge is 0.307 e. The summed E-state index contributed by atoms with van der Waals surface area (Å²) >= 11 is 1.61. The lowest BCUT2D eigenvalue weighted by Gasteiger charge is -2.28. The Bertz CT molecular complexity index is 937. The Hall–Kier alpha value is -2.73. The Balaban J connectivity index is 1.76. The van der Waals surface area contributed by atoms with Crippen LogP contribution in [0, 0.1) is 0 Å². The van der Waals surface area contributed by atoms with Gasteiger partial charge in [-0.05, 0) is 31.0 Å². The molecule has 0 aliphatic carbocycles. The van der Waals surface area contributed by atoms with Gasteiger partial charge in [-0.1, -0.05) is 49.4 Å². The molecule has 152 valence electrons. The van der Waals surface area contributed by atoms with E-state index in [4.69, 9.17) is 9.72 Å². The van der Waals surface area contributed by atoms with Gasteiger partial charge in [0.05, 0.1) is 33.7 Å². The minimum absolute atomic E-state index is 0.119. The molecule has 5 nitrogen and oxygen atoms in total. The Kier molecular flexibility index (Phi) is 6.99. The molecule has 0 spiro atoms. The van der Waals surface area contributed by atoms with Crippen molar-refractivity contribution in [1.29, 1.82) is 0 Å². The quantitative estimate of drug-likeness (QED) is 0.535. The van der Waals surface area contributed by atoms with E-state index >= 15 is 0 Å². The zero-order chi connectivity index (χ0) is 20.7. The standard InChI is InChI=1S/C23H26N2O3S/c1-3-15-28-21(26)13-14-24-22(27)23(2,17-9-5-4-6-10-17)16-20-25-18-11-7-8-12-19(18)29-20/h4-12H,3,13-16H2,1-2H3,(H,24,27). The van der Waals surface area contributed by atoms with Crippen LogP contribution in [0.4, 0.5) is 0 Å². The number of amides is 1. The van der Waals surface area contributed by atoms with E-state index in [9.17, 15) is 9.59 Å². The van der Waals surface area contributed by atoms with E-state index in [-0.39, 0.29) is 24.8 Å². The van der Waals surface area contributed by atoms with Gasteiger partial charge in [0.2, 0.25) is 5.91 Å². The van der Waals surface area contributed by atoms with Crippen molar-refractivity contribution in [3.05, 3.63) is 65.2 Å². The lowest BCUT2D eigenvalue weighted by Crippen LogP contribution is -2.44. The average Bonchev–Trinajstić information content (AvgIpc) is 3.14. The molecular weight excluding hydrogens is 384 g/mol. The Labute approximate surface area is 175 Å². The van der Waals surface area contributed by atoms with Gasteiger partial charge in [-0.15, -0.1) is 11.3 Å². The van der Waals surface area contributed by atoms with E-state index in [1.807, 2.05) is 68.4 Å². The Morgan fingerprint density at radius 2 is 1.83 bits per heavy atom. The molecule has 0 saturated heterocycles. The van der Waals surface area contributed by atoms with Crippen LogP contribution in [0.15, 0.2) is 54.6 Å². The number of hydrogen-bond donors (Lipinski definition) is 1. The molecule has 0 fully saturated rings. The number of nitrogens with one attached hydrogen (secondary N) is 1. The molecule has 1 amide bonds. The van der Waals surface area contributed by atoms with Crippen LogP contribution < -0.4 is 5.32 Å². The highest BCUT2D eigenvalue weighted by Gasteiger charge is 2.36. The van der Waals surface area contributed by atoms with Crippen molar-refractivity contribution in [2.75, 3.05) is 13.2 Å². The number of ether oxygens (including phenoxy) is 1. The lowest BCUT2D eigenvalue weighted by molar-refractivity contribution is -0.143. The first-order chi connectivity index (χ1) is 14.0. The van der Waals surface area contributed by atoms with Gasteiger partial charge in [-0.25, -0.2) is 4.98 Å². The van der Waals surface area contributed by atoms with Crippen molar-refractivity contribution >= 4 is 33.4 Å². The fraction of sp³-hybridized carbons (Fsp3) is 0.348. The topological polar surface area (TPSA) is 68.3 Å². The van der Waals surface area contributed by atoms with Gasteiger partial charge in [0, 0.05) is 13.0 Å². The minimum atomic E-state index is -0.789. The number of rotatable bonds is 9. The number of hydrogen-bond acceptors (Lipinski definition) is 5. The molecule has 1 atom stereocenters. The zero-order valence-corrected chi connectivity index (χ0v) is 17.6. The molecule has 1 unspecified atom stereocenters. The highest BCUT2D eigenvalue weighted by molar-refractivity contribution is 7.18. The summed E-state index contributed by atoms with van der Waals surface area (Å²) in [5.74, 6) is -0.411. The van der Waals surface area contributed by atoms with Crippen molar-refractivity contribution in [1.82, 2.24) is 10.3 Å². The largest absolute Gasteiger partial charge is 0.466 e. The molecule has 0 bridgehead atoms. The summed E-state index contributed by atoms with van der Waals surface area (Å²) in [7, 11) is 0. The molecule has 3 aromatic rings. The monoisotopic (exact) mass is 410 g/mol. The number of para-hydroxylation sites is 1. The number of thiazole rings is 1. The van der Waals surface area contributed by atoms with Gasteiger partial charge >= 0.3 is 5.97 Å². The van der Waals surface area contributed by atoms with Crippen LogP contribution in [0.5, 0.6) is 0 Å². The summed E-state index contributed by atoms with van der Waals surface area (Å²) in [6.45, 7) is 4.54. The molecule has 1 heterocycles. The van der Waals surface area contributed by atoms with Crippen LogP contribution >= 0.6 is 11.3 Å². The van der Waals surface area contributed by atoms with E-state index in [1.165, 1.54) is 0 Å². The van der Waals surface area contributed by atoms with Crippen LogP contribution in [-0.4, -0.2) is 30.0 Å². The van der Waals surface area contributed by atoms with Crippen molar-refractivity contribution < 1.29 is 14.3 Å². The molecule has 29 heavy (non-hydrogen) atoms.